The third kappa shape index (κ3) is 2.75. The normalized spacial score (nSPS) is 10.1. The molecule has 1 N–H and O–H groups in total. The number of hydrogen-bond acceptors (Lipinski definition) is 6. The van der Waals surface area contributed by atoms with E-state index in [2.05, 4.69) is 9.97 Å². The average molecular weight is 306 g/mol. The smallest absolute Gasteiger partial charge is 0.279 e. The van der Waals surface area contributed by atoms with Crippen LogP contribution in [0.25, 0.3) is 11.3 Å². The molecule has 1 aromatic carbocycles. The molecule has 2 rings (SSSR count). The van der Waals surface area contributed by atoms with E-state index in [1.54, 1.807) is 12.3 Å². The van der Waals surface area contributed by atoms with Crippen LogP contribution in [0, 0.1) is 27.3 Å². The third-order valence-corrected chi connectivity index (χ3v) is 3.19. The summed E-state index contributed by atoms with van der Waals surface area (Å²) in [5.41, 5.74) is -1.99. The van der Waals surface area contributed by atoms with Crippen molar-refractivity contribution in [1.82, 2.24) is 9.97 Å². The lowest BCUT2D eigenvalue weighted by Crippen LogP contribution is -2.15. The topological polar surface area (TPSA) is 113 Å². The minimum absolute atomic E-state index is 0.174. The van der Waals surface area contributed by atoms with Gasteiger partial charge in [0, 0.05) is 6.07 Å². The number of nitro groups is 1. The fourth-order valence-corrected chi connectivity index (χ4v) is 2.08. The van der Waals surface area contributed by atoms with Crippen LogP contribution in [0.1, 0.15) is 5.56 Å². The summed E-state index contributed by atoms with van der Waals surface area (Å²) in [4.78, 5) is 28.4. The molecule has 1 aromatic heterocycles. The molecule has 0 unspecified atom stereocenters. The molecule has 0 bridgehead atoms. The van der Waals surface area contributed by atoms with E-state index in [0.717, 1.165) is 30.0 Å². The maximum Gasteiger partial charge on any atom is 0.279 e. The van der Waals surface area contributed by atoms with Gasteiger partial charge in [-0.05, 0) is 18.4 Å². The Morgan fingerprint density at radius 2 is 2.24 bits per heavy atom. The number of nitro benzene ring substituents is 1. The Balaban J connectivity index is 2.87. The molecule has 9 heteroatoms. The maximum atomic E-state index is 13.4. The van der Waals surface area contributed by atoms with Gasteiger partial charge in [0.05, 0.1) is 10.5 Å². The lowest BCUT2D eigenvalue weighted by atomic mass is 10.1. The van der Waals surface area contributed by atoms with Crippen LogP contribution in [-0.2, 0) is 0 Å². The van der Waals surface area contributed by atoms with Gasteiger partial charge in [0.1, 0.15) is 23.1 Å². The minimum atomic E-state index is -0.731. The first-order chi connectivity index (χ1) is 9.97. The molecule has 0 aliphatic rings. The summed E-state index contributed by atoms with van der Waals surface area (Å²) in [5.74, 6) is -0.729. The zero-order chi connectivity index (χ0) is 15.6. The molecule has 0 saturated heterocycles. The molecule has 1 heterocycles. The van der Waals surface area contributed by atoms with Crippen LogP contribution in [-0.4, -0.2) is 21.1 Å². The largest absolute Gasteiger partial charge is 0.300 e. The molecule has 0 spiro atoms. The summed E-state index contributed by atoms with van der Waals surface area (Å²) in [6.45, 7) is 0. The molecule has 0 fully saturated rings. The highest BCUT2D eigenvalue weighted by Gasteiger charge is 2.22. The summed E-state index contributed by atoms with van der Waals surface area (Å²) in [7, 11) is 0. The van der Waals surface area contributed by atoms with E-state index in [0.29, 0.717) is 0 Å². The molecule has 0 aliphatic carbocycles. The zero-order valence-corrected chi connectivity index (χ0v) is 11.4. The molecular weight excluding hydrogens is 299 g/mol. The predicted molar refractivity (Wildman–Crippen MR) is 73.4 cm³/mol. The molecule has 21 heavy (non-hydrogen) atoms. The van der Waals surface area contributed by atoms with E-state index in [1.165, 1.54) is 0 Å². The number of aromatic nitrogens is 2. The molecule has 0 atom stereocenters. The third-order valence-electron chi connectivity index (χ3n) is 2.61. The number of hydrogen-bond donors (Lipinski definition) is 1. The second kappa shape index (κ2) is 5.72. The van der Waals surface area contributed by atoms with Crippen LogP contribution in [0.15, 0.2) is 28.2 Å². The van der Waals surface area contributed by atoms with Crippen molar-refractivity contribution in [1.29, 1.82) is 5.26 Å². The first kappa shape index (κ1) is 14.7. The van der Waals surface area contributed by atoms with Gasteiger partial charge in [0.15, 0.2) is 5.16 Å². The highest BCUT2D eigenvalue weighted by Crippen LogP contribution is 2.31. The fourth-order valence-electron chi connectivity index (χ4n) is 1.70. The van der Waals surface area contributed by atoms with Gasteiger partial charge in [-0.25, -0.2) is 9.37 Å². The van der Waals surface area contributed by atoms with E-state index >= 15 is 0 Å². The van der Waals surface area contributed by atoms with Gasteiger partial charge >= 0.3 is 0 Å². The molecule has 0 radical (unpaired) electrons. The van der Waals surface area contributed by atoms with Gasteiger partial charge in [-0.3, -0.25) is 14.9 Å². The number of nitriles is 1. The monoisotopic (exact) mass is 306 g/mol. The van der Waals surface area contributed by atoms with Crippen molar-refractivity contribution in [3.05, 3.63) is 50.0 Å². The lowest BCUT2D eigenvalue weighted by Gasteiger charge is -2.06. The Morgan fingerprint density at radius 3 is 2.81 bits per heavy atom. The summed E-state index contributed by atoms with van der Waals surface area (Å²) < 4.78 is 13.4. The molecule has 0 amide bonds. The lowest BCUT2D eigenvalue weighted by molar-refractivity contribution is -0.384. The number of rotatable bonds is 3. The molecule has 2 aromatic rings. The van der Waals surface area contributed by atoms with Crippen LogP contribution in [0.2, 0.25) is 0 Å². The van der Waals surface area contributed by atoms with Gasteiger partial charge in [-0.15, -0.1) is 0 Å². The summed E-state index contributed by atoms with van der Waals surface area (Å²) >= 11 is 1.09. The van der Waals surface area contributed by atoms with E-state index in [1.807, 2.05) is 0 Å². The standard InChI is InChI=1S/C12H7FN4O3S/c1-21-12-15-10(8(5-14)11(18)16-12)7-4-6(13)2-3-9(7)17(19)20/h2-4H,1H3,(H,15,16,18). The fraction of sp³-hybridized carbons (Fsp3) is 0.0833. The van der Waals surface area contributed by atoms with Gasteiger partial charge in [-0.2, -0.15) is 5.26 Å². The molecule has 0 aliphatic heterocycles. The number of nitrogens with zero attached hydrogens (tertiary/aromatic N) is 3. The molecule has 106 valence electrons. The summed E-state index contributed by atoms with van der Waals surface area (Å²) in [6.07, 6.45) is 1.63. The van der Waals surface area contributed by atoms with Crippen molar-refractivity contribution in [3.63, 3.8) is 0 Å². The summed E-state index contributed by atoms with van der Waals surface area (Å²) in [5, 5.41) is 20.2. The van der Waals surface area contributed by atoms with Gasteiger partial charge in [0.2, 0.25) is 0 Å². The highest BCUT2D eigenvalue weighted by molar-refractivity contribution is 7.98. The van der Waals surface area contributed by atoms with Crippen molar-refractivity contribution in [2.24, 2.45) is 0 Å². The molecule has 0 saturated carbocycles. The van der Waals surface area contributed by atoms with Crippen LogP contribution in [0.3, 0.4) is 0 Å². The van der Waals surface area contributed by atoms with Crippen molar-refractivity contribution in [3.8, 4) is 17.3 Å². The summed E-state index contributed by atoms with van der Waals surface area (Å²) in [6, 6.07) is 4.41. The number of nitrogens with one attached hydrogen (secondary N) is 1. The van der Waals surface area contributed by atoms with Gasteiger partial charge in [0.25, 0.3) is 11.2 Å². The highest BCUT2D eigenvalue weighted by atomic mass is 32.2. The first-order valence-corrected chi connectivity index (χ1v) is 6.73. The second-order valence-electron chi connectivity index (χ2n) is 3.83. The SMILES string of the molecule is CSc1nc(-c2cc(F)ccc2[N+](=O)[O-])c(C#N)c(=O)[nH]1. The van der Waals surface area contributed by atoms with Gasteiger partial charge < -0.3 is 4.98 Å². The van der Waals surface area contributed by atoms with E-state index in [4.69, 9.17) is 5.26 Å². The number of benzene rings is 1. The molecular formula is C12H7FN4O3S. The van der Waals surface area contributed by atoms with Crippen molar-refractivity contribution in [2.45, 2.75) is 5.16 Å². The average Bonchev–Trinajstić information content (AvgIpc) is 2.45. The van der Waals surface area contributed by atoms with E-state index in [9.17, 15) is 19.3 Å². The maximum absolute atomic E-state index is 13.4. The number of thioether (sulfide) groups is 1. The Labute approximate surface area is 121 Å². The van der Waals surface area contributed by atoms with E-state index < -0.39 is 27.6 Å². The Hall–Kier alpha value is -2.73. The second-order valence-corrected chi connectivity index (χ2v) is 4.62. The van der Waals surface area contributed by atoms with Crippen LogP contribution < -0.4 is 5.56 Å². The minimum Gasteiger partial charge on any atom is -0.300 e. The number of aromatic amines is 1. The van der Waals surface area contributed by atoms with E-state index in [-0.39, 0.29) is 16.4 Å². The number of halogens is 1. The zero-order valence-electron chi connectivity index (χ0n) is 10.6. The first-order valence-electron chi connectivity index (χ1n) is 5.50. The van der Waals surface area contributed by atoms with Crippen LogP contribution in [0.5, 0.6) is 0 Å². The molecule has 7 nitrogen and oxygen atoms in total. The Morgan fingerprint density at radius 1 is 1.52 bits per heavy atom. The Kier molecular flexibility index (Phi) is 4.00. The van der Waals surface area contributed by atoms with Crippen molar-refractivity contribution in [2.75, 3.05) is 6.26 Å². The van der Waals surface area contributed by atoms with Crippen molar-refractivity contribution < 1.29 is 9.31 Å². The van der Waals surface area contributed by atoms with Crippen molar-refractivity contribution >= 4 is 17.4 Å². The number of H-pyrrole nitrogens is 1. The quantitative estimate of drug-likeness (QED) is 0.402. The predicted octanol–water partition coefficient (Wildman–Crippen LogP) is 2.08. The van der Waals surface area contributed by atoms with Crippen LogP contribution in [0.4, 0.5) is 10.1 Å². The van der Waals surface area contributed by atoms with Crippen LogP contribution >= 0.6 is 11.8 Å². The Bertz CT molecular complexity index is 828. The van der Waals surface area contributed by atoms with Gasteiger partial charge in [-0.1, -0.05) is 11.8 Å².